The standard InChI is InChI=1S/C27H36FN3S/c1-9-23(28)17-26(31-10-2)27(6,7)18-32-20(4)14-15-25(30-8)24-13-11-12-22(21(24)5)16-19(3)29/h9-15H,2-4,16-18,29H2,1,5-8H3/b15-14-,23-9+,30-25+,31-26+. The first kappa shape index (κ1) is 27.4. The highest BCUT2D eigenvalue weighted by Gasteiger charge is 2.26. The van der Waals surface area contributed by atoms with Crippen LogP contribution in [0.25, 0.3) is 0 Å². The zero-order valence-electron chi connectivity index (χ0n) is 20.0. The minimum Gasteiger partial charge on any atom is -0.402 e. The lowest BCUT2D eigenvalue weighted by Gasteiger charge is -2.26. The largest absolute Gasteiger partial charge is 0.402 e. The first-order valence-electron chi connectivity index (χ1n) is 10.5. The smallest absolute Gasteiger partial charge is 0.101 e. The van der Waals surface area contributed by atoms with E-state index in [1.165, 1.54) is 12.3 Å². The van der Waals surface area contributed by atoms with Crippen molar-refractivity contribution in [3.63, 3.8) is 0 Å². The molecule has 0 saturated heterocycles. The molecular weight excluding hydrogens is 417 g/mol. The predicted molar refractivity (Wildman–Crippen MR) is 142 cm³/mol. The van der Waals surface area contributed by atoms with Crippen LogP contribution in [0.4, 0.5) is 4.39 Å². The summed E-state index contributed by atoms with van der Waals surface area (Å²) in [6.07, 6.45) is 7.71. The van der Waals surface area contributed by atoms with Gasteiger partial charge in [0.15, 0.2) is 0 Å². The molecule has 172 valence electrons. The topological polar surface area (TPSA) is 50.7 Å². The Morgan fingerprint density at radius 2 is 1.94 bits per heavy atom. The van der Waals surface area contributed by atoms with E-state index in [2.05, 4.69) is 62.6 Å². The molecule has 0 unspecified atom stereocenters. The third kappa shape index (κ3) is 8.46. The Labute approximate surface area is 197 Å². The number of rotatable bonds is 12. The molecule has 0 amide bonds. The third-order valence-corrected chi connectivity index (χ3v) is 6.48. The van der Waals surface area contributed by atoms with Gasteiger partial charge in [-0.05, 0) is 37.1 Å². The molecule has 0 radical (unpaired) electrons. The SMILES string of the molecule is C=C/N=C(\C/C(F)=C\C)C(C)(C)CSC(=C)/C=C\C(=N/C)c1cccc(CC(=C)N)c1C. The van der Waals surface area contributed by atoms with Gasteiger partial charge in [-0.2, -0.15) is 0 Å². The number of halogens is 1. The van der Waals surface area contributed by atoms with Crippen LogP contribution in [-0.4, -0.2) is 24.2 Å². The molecule has 32 heavy (non-hydrogen) atoms. The molecule has 0 aliphatic heterocycles. The molecule has 0 bridgehead atoms. The van der Waals surface area contributed by atoms with Crippen molar-refractivity contribution in [2.24, 2.45) is 21.1 Å². The number of benzene rings is 1. The highest BCUT2D eigenvalue weighted by atomic mass is 32.2. The van der Waals surface area contributed by atoms with Crippen LogP contribution in [0.5, 0.6) is 0 Å². The number of hydrogen-bond donors (Lipinski definition) is 1. The van der Waals surface area contributed by atoms with Gasteiger partial charge in [0.05, 0.1) is 5.71 Å². The van der Waals surface area contributed by atoms with Gasteiger partial charge in [-0.1, -0.05) is 57.9 Å². The van der Waals surface area contributed by atoms with Crippen LogP contribution in [0.15, 0.2) is 88.8 Å². The quantitative estimate of drug-likeness (QED) is 0.271. The lowest BCUT2D eigenvalue weighted by molar-refractivity contribution is 0.566. The molecule has 0 spiro atoms. The first-order chi connectivity index (χ1) is 15.0. The fourth-order valence-electron chi connectivity index (χ4n) is 3.09. The Hall–Kier alpha value is -2.66. The number of hydrogen-bond acceptors (Lipinski definition) is 4. The summed E-state index contributed by atoms with van der Waals surface area (Å²) >= 11 is 1.61. The molecule has 0 atom stereocenters. The van der Waals surface area contributed by atoms with Gasteiger partial charge >= 0.3 is 0 Å². The molecule has 3 nitrogen and oxygen atoms in total. The van der Waals surface area contributed by atoms with Crippen molar-refractivity contribution in [1.82, 2.24) is 0 Å². The molecule has 0 saturated carbocycles. The Balaban J connectivity index is 2.93. The van der Waals surface area contributed by atoms with Crippen LogP contribution in [-0.2, 0) is 6.42 Å². The minimum absolute atomic E-state index is 0.190. The zero-order chi connectivity index (χ0) is 24.3. The lowest BCUT2D eigenvalue weighted by atomic mass is 9.87. The van der Waals surface area contributed by atoms with E-state index in [1.54, 1.807) is 25.7 Å². The average molecular weight is 454 g/mol. The zero-order valence-corrected chi connectivity index (χ0v) is 20.9. The van der Waals surface area contributed by atoms with Crippen LogP contribution in [0.1, 0.15) is 43.9 Å². The predicted octanol–water partition coefficient (Wildman–Crippen LogP) is 7.11. The maximum Gasteiger partial charge on any atom is 0.101 e. The van der Waals surface area contributed by atoms with Crippen molar-refractivity contribution >= 4 is 23.2 Å². The van der Waals surface area contributed by atoms with Gasteiger partial charge in [0, 0.05) is 59.1 Å². The summed E-state index contributed by atoms with van der Waals surface area (Å²) in [5.74, 6) is 0.521. The summed E-state index contributed by atoms with van der Waals surface area (Å²) in [4.78, 5) is 9.69. The average Bonchev–Trinajstić information content (AvgIpc) is 2.74. The van der Waals surface area contributed by atoms with Crippen molar-refractivity contribution < 1.29 is 4.39 Å². The second-order valence-corrected chi connectivity index (χ2v) is 9.28. The van der Waals surface area contributed by atoms with Crippen LogP contribution in [0, 0.1) is 12.3 Å². The summed E-state index contributed by atoms with van der Waals surface area (Å²) in [7, 11) is 1.78. The second kappa shape index (κ2) is 13.0. The van der Waals surface area contributed by atoms with Gasteiger partial charge in [-0.15, -0.1) is 11.8 Å². The number of thioether (sulfide) groups is 1. The van der Waals surface area contributed by atoms with E-state index in [1.807, 2.05) is 18.2 Å². The van der Waals surface area contributed by atoms with E-state index in [0.29, 0.717) is 17.9 Å². The summed E-state index contributed by atoms with van der Waals surface area (Å²) < 4.78 is 13.9. The number of nitrogens with two attached hydrogens (primary N) is 1. The number of aliphatic imine (C=N–C) groups is 2. The normalized spacial score (nSPS) is 13.5. The van der Waals surface area contributed by atoms with Crippen molar-refractivity contribution in [2.75, 3.05) is 12.8 Å². The lowest BCUT2D eigenvalue weighted by Crippen LogP contribution is -2.27. The van der Waals surface area contributed by atoms with Crippen molar-refractivity contribution in [3.05, 3.63) is 95.5 Å². The second-order valence-electron chi connectivity index (χ2n) is 8.18. The van der Waals surface area contributed by atoms with Crippen molar-refractivity contribution in [1.29, 1.82) is 0 Å². The van der Waals surface area contributed by atoms with E-state index in [4.69, 9.17) is 5.73 Å². The van der Waals surface area contributed by atoms with Crippen LogP contribution < -0.4 is 5.73 Å². The molecular formula is C27H36FN3S. The molecule has 0 aliphatic rings. The summed E-state index contributed by atoms with van der Waals surface area (Å²) in [6, 6.07) is 6.12. The molecule has 5 heteroatoms. The molecule has 1 aromatic rings. The number of nitrogens with zero attached hydrogens (tertiary/aromatic N) is 2. The van der Waals surface area contributed by atoms with Gasteiger partial charge in [0.25, 0.3) is 0 Å². The van der Waals surface area contributed by atoms with Crippen LogP contribution in [0.3, 0.4) is 0 Å². The third-order valence-electron chi connectivity index (χ3n) is 5.10. The Kier molecular flexibility index (Phi) is 11.1. The van der Waals surface area contributed by atoms with Crippen molar-refractivity contribution in [2.45, 2.75) is 40.5 Å². The van der Waals surface area contributed by atoms with Gasteiger partial charge in [-0.25, -0.2) is 4.39 Å². The van der Waals surface area contributed by atoms with Gasteiger partial charge < -0.3 is 5.73 Å². The fourth-order valence-corrected chi connectivity index (χ4v) is 3.97. The van der Waals surface area contributed by atoms with Crippen LogP contribution in [0.2, 0.25) is 0 Å². The highest BCUT2D eigenvalue weighted by Crippen LogP contribution is 2.31. The maximum atomic E-state index is 13.9. The fraction of sp³-hybridized carbons (Fsp3) is 0.333. The molecule has 0 aromatic heterocycles. The highest BCUT2D eigenvalue weighted by molar-refractivity contribution is 8.03. The maximum absolute atomic E-state index is 13.9. The Morgan fingerprint density at radius 3 is 2.50 bits per heavy atom. The molecule has 0 aliphatic carbocycles. The van der Waals surface area contributed by atoms with Crippen LogP contribution >= 0.6 is 11.8 Å². The van der Waals surface area contributed by atoms with E-state index in [9.17, 15) is 4.39 Å². The monoisotopic (exact) mass is 453 g/mol. The van der Waals surface area contributed by atoms with E-state index in [-0.39, 0.29) is 17.7 Å². The van der Waals surface area contributed by atoms with E-state index in [0.717, 1.165) is 33.0 Å². The Morgan fingerprint density at radius 1 is 1.25 bits per heavy atom. The van der Waals surface area contributed by atoms with Crippen molar-refractivity contribution in [3.8, 4) is 0 Å². The van der Waals surface area contributed by atoms with Gasteiger partial charge in [0.2, 0.25) is 0 Å². The molecule has 0 fully saturated rings. The van der Waals surface area contributed by atoms with Gasteiger partial charge in [0.1, 0.15) is 5.83 Å². The number of allylic oxidation sites excluding steroid dienone is 5. The summed E-state index contributed by atoms with van der Waals surface area (Å²) in [5, 5.41) is 0. The molecule has 0 heterocycles. The molecule has 2 N–H and O–H groups in total. The molecule has 1 rings (SSSR count). The summed E-state index contributed by atoms with van der Waals surface area (Å²) in [6.45, 7) is 19.5. The van der Waals surface area contributed by atoms with E-state index < -0.39 is 0 Å². The minimum atomic E-state index is -0.312. The molecule has 1 aromatic carbocycles. The van der Waals surface area contributed by atoms with Gasteiger partial charge in [-0.3, -0.25) is 9.98 Å². The first-order valence-corrected chi connectivity index (χ1v) is 11.5. The summed E-state index contributed by atoms with van der Waals surface area (Å²) in [5.41, 5.74) is 11.1. The Bertz CT molecular complexity index is 965. The van der Waals surface area contributed by atoms with E-state index >= 15 is 0 Å².